The summed E-state index contributed by atoms with van der Waals surface area (Å²) in [4.78, 5) is 23.6. The van der Waals surface area contributed by atoms with E-state index < -0.39 is 17.6 Å². The van der Waals surface area contributed by atoms with Crippen molar-refractivity contribution in [3.63, 3.8) is 0 Å². The van der Waals surface area contributed by atoms with E-state index in [1.807, 2.05) is 13.0 Å². The highest BCUT2D eigenvalue weighted by atomic mass is 19.4. The third kappa shape index (κ3) is 6.23. The van der Waals surface area contributed by atoms with E-state index in [0.29, 0.717) is 40.9 Å². The molecule has 9 nitrogen and oxygen atoms in total. The van der Waals surface area contributed by atoms with Gasteiger partial charge < -0.3 is 16.0 Å². The zero-order valence-electron chi connectivity index (χ0n) is 22.1. The van der Waals surface area contributed by atoms with Crippen LogP contribution < -0.4 is 16.0 Å². The molecule has 0 aliphatic carbocycles. The predicted octanol–water partition coefficient (Wildman–Crippen LogP) is 5.62. The van der Waals surface area contributed by atoms with Gasteiger partial charge >= 0.3 is 6.18 Å². The Balaban J connectivity index is 1.37. The third-order valence-electron chi connectivity index (χ3n) is 6.71. The monoisotopic (exact) mass is 550 g/mol. The molecule has 0 saturated carbocycles. The summed E-state index contributed by atoms with van der Waals surface area (Å²) in [6.07, 6.45) is 0.535. The van der Waals surface area contributed by atoms with Crippen LogP contribution in [-0.4, -0.2) is 50.7 Å². The molecular formula is C28H29F3N8O. The molecule has 0 radical (unpaired) electrons. The fourth-order valence-electron chi connectivity index (χ4n) is 4.63. The molecule has 3 heterocycles. The molecule has 1 fully saturated rings. The highest BCUT2D eigenvalue weighted by Crippen LogP contribution is 2.32. The number of aromatic nitrogens is 4. The van der Waals surface area contributed by atoms with Crippen molar-refractivity contribution < 1.29 is 18.0 Å². The van der Waals surface area contributed by atoms with Crippen molar-refractivity contribution >= 4 is 28.9 Å². The van der Waals surface area contributed by atoms with Gasteiger partial charge in [0, 0.05) is 42.7 Å². The fourth-order valence-corrected chi connectivity index (χ4v) is 4.63. The Hall–Kier alpha value is -4.45. The van der Waals surface area contributed by atoms with Gasteiger partial charge in [0.1, 0.15) is 18.0 Å². The van der Waals surface area contributed by atoms with E-state index in [9.17, 15) is 18.0 Å². The Morgan fingerprint density at radius 1 is 1.02 bits per heavy atom. The highest BCUT2D eigenvalue weighted by Gasteiger charge is 2.32. The Morgan fingerprint density at radius 2 is 1.82 bits per heavy atom. The van der Waals surface area contributed by atoms with E-state index >= 15 is 0 Å². The van der Waals surface area contributed by atoms with E-state index in [4.69, 9.17) is 0 Å². The van der Waals surface area contributed by atoms with Crippen molar-refractivity contribution in [2.75, 3.05) is 36.1 Å². The van der Waals surface area contributed by atoms with Gasteiger partial charge in [0.25, 0.3) is 5.91 Å². The van der Waals surface area contributed by atoms with Gasteiger partial charge in [-0.2, -0.15) is 23.0 Å². The third-order valence-corrected chi connectivity index (χ3v) is 6.71. The molecule has 1 amide bonds. The smallest absolute Gasteiger partial charge is 0.373 e. The van der Waals surface area contributed by atoms with Gasteiger partial charge in [0.2, 0.25) is 0 Å². The zero-order valence-corrected chi connectivity index (χ0v) is 22.1. The van der Waals surface area contributed by atoms with Crippen molar-refractivity contribution in [1.29, 1.82) is 0 Å². The molecule has 40 heavy (non-hydrogen) atoms. The number of hydrogen-bond acceptors (Lipinski definition) is 7. The Bertz CT molecular complexity index is 1510. The summed E-state index contributed by atoms with van der Waals surface area (Å²) in [6, 6.07) is 12.3. The topological polar surface area (TPSA) is 100 Å². The summed E-state index contributed by atoms with van der Waals surface area (Å²) in [7, 11) is 1.76. The first-order chi connectivity index (χ1) is 19.2. The van der Waals surface area contributed by atoms with Crippen molar-refractivity contribution in [3.05, 3.63) is 83.3 Å². The first kappa shape index (κ1) is 27.1. The predicted molar refractivity (Wildman–Crippen MR) is 147 cm³/mol. The standard InChI is InChI=1S/C28H29F3N8O/c1-18-5-6-22(14-23(18)37-25-7-8-35-39(25)26-15-24(32-2)33-17-34-26)36-27(40)20-11-19(16-38-9-3-4-10-38)12-21(13-20)28(29,30)31/h5-8,11-15,17,37H,3-4,9-10,16H2,1-2H3,(H,36,40)(H,32,33,34). The molecule has 1 saturated heterocycles. The first-order valence-corrected chi connectivity index (χ1v) is 12.9. The van der Waals surface area contributed by atoms with Gasteiger partial charge in [-0.1, -0.05) is 6.07 Å². The van der Waals surface area contributed by atoms with Crippen LogP contribution in [0, 0.1) is 6.92 Å². The number of hydrogen-bond donors (Lipinski definition) is 3. The second-order valence-electron chi connectivity index (χ2n) is 9.65. The maximum atomic E-state index is 13.7. The number of nitrogens with one attached hydrogen (secondary N) is 3. The molecule has 5 rings (SSSR count). The molecule has 0 unspecified atom stereocenters. The molecular weight excluding hydrogens is 521 g/mol. The zero-order chi connectivity index (χ0) is 28.3. The summed E-state index contributed by atoms with van der Waals surface area (Å²) in [5.74, 6) is 1.18. The minimum Gasteiger partial charge on any atom is -0.373 e. The van der Waals surface area contributed by atoms with E-state index in [1.54, 1.807) is 42.2 Å². The van der Waals surface area contributed by atoms with Crippen LogP contribution in [0.5, 0.6) is 0 Å². The van der Waals surface area contributed by atoms with Gasteiger partial charge in [0.05, 0.1) is 11.8 Å². The molecule has 4 aromatic rings. The van der Waals surface area contributed by atoms with Gasteiger partial charge in [-0.05, 0) is 74.3 Å². The molecule has 0 spiro atoms. The number of anilines is 4. The quantitative estimate of drug-likeness (QED) is 0.262. The van der Waals surface area contributed by atoms with Gasteiger partial charge in [0.15, 0.2) is 5.82 Å². The number of carbonyl (C=O) groups is 1. The summed E-state index contributed by atoms with van der Waals surface area (Å²) < 4.78 is 42.6. The highest BCUT2D eigenvalue weighted by molar-refractivity contribution is 6.04. The molecule has 208 valence electrons. The van der Waals surface area contributed by atoms with Gasteiger partial charge in [-0.25, -0.2) is 9.97 Å². The normalized spacial score (nSPS) is 13.8. The molecule has 12 heteroatoms. The number of alkyl halides is 3. The molecule has 2 aromatic heterocycles. The van der Waals surface area contributed by atoms with E-state index in [1.165, 1.54) is 12.4 Å². The van der Waals surface area contributed by atoms with Crippen molar-refractivity contribution in [2.24, 2.45) is 0 Å². The lowest BCUT2D eigenvalue weighted by molar-refractivity contribution is -0.137. The van der Waals surface area contributed by atoms with Crippen molar-refractivity contribution in [2.45, 2.75) is 32.5 Å². The average molecular weight is 551 g/mol. The lowest BCUT2D eigenvalue weighted by Crippen LogP contribution is -2.20. The fraction of sp³-hybridized carbons (Fsp3) is 0.286. The number of amides is 1. The van der Waals surface area contributed by atoms with Crippen LogP contribution >= 0.6 is 0 Å². The molecule has 0 bridgehead atoms. The van der Waals surface area contributed by atoms with Crippen LogP contribution in [0.1, 0.15) is 39.9 Å². The first-order valence-electron chi connectivity index (χ1n) is 12.9. The maximum absolute atomic E-state index is 13.7. The number of benzene rings is 2. The summed E-state index contributed by atoms with van der Waals surface area (Å²) in [5, 5.41) is 13.4. The Kier molecular flexibility index (Phi) is 7.69. The molecule has 3 N–H and O–H groups in total. The Labute approximate surface area is 229 Å². The molecule has 1 aliphatic heterocycles. The minimum atomic E-state index is -4.56. The summed E-state index contributed by atoms with van der Waals surface area (Å²) >= 11 is 0. The SMILES string of the molecule is CNc1cc(-n2nccc2Nc2cc(NC(=O)c3cc(CN4CCCC4)cc(C(F)(F)F)c3)ccc2C)ncn1. The summed E-state index contributed by atoms with van der Waals surface area (Å²) in [6.45, 7) is 3.95. The van der Waals surface area contributed by atoms with Gasteiger partial charge in [-0.3, -0.25) is 9.69 Å². The van der Waals surface area contributed by atoms with Crippen LogP contribution in [0.15, 0.2) is 61.1 Å². The largest absolute Gasteiger partial charge is 0.416 e. The Morgan fingerprint density at radius 3 is 2.58 bits per heavy atom. The van der Waals surface area contributed by atoms with Crippen LogP contribution in [0.4, 0.5) is 36.2 Å². The minimum absolute atomic E-state index is 0.0405. The van der Waals surface area contributed by atoms with E-state index in [-0.39, 0.29) is 5.56 Å². The summed E-state index contributed by atoms with van der Waals surface area (Å²) in [5.41, 5.74) is 1.59. The number of halogens is 3. The number of carbonyl (C=O) groups excluding carboxylic acids is 1. The maximum Gasteiger partial charge on any atom is 0.416 e. The second-order valence-corrected chi connectivity index (χ2v) is 9.65. The molecule has 1 aliphatic rings. The van der Waals surface area contributed by atoms with Gasteiger partial charge in [-0.15, -0.1) is 0 Å². The van der Waals surface area contributed by atoms with E-state index in [0.717, 1.165) is 43.6 Å². The van der Waals surface area contributed by atoms with Crippen molar-refractivity contribution in [3.8, 4) is 5.82 Å². The van der Waals surface area contributed by atoms with Crippen LogP contribution in [0.25, 0.3) is 5.82 Å². The van der Waals surface area contributed by atoms with Crippen LogP contribution in [0.3, 0.4) is 0 Å². The number of aryl methyl sites for hydroxylation is 1. The van der Waals surface area contributed by atoms with Crippen LogP contribution in [0.2, 0.25) is 0 Å². The lowest BCUT2D eigenvalue weighted by Gasteiger charge is -2.18. The average Bonchev–Trinajstić information content (AvgIpc) is 3.62. The number of likely N-dealkylation sites (tertiary alicyclic amines) is 1. The van der Waals surface area contributed by atoms with E-state index in [2.05, 4.69) is 35.9 Å². The van der Waals surface area contributed by atoms with Crippen molar-refractivity contribution in [1.82, 2.24) is 24.6 Å². The number of nitrogens with zero attached hydrogens (tertiary/aromatic N) is 5. The molecule has 2 aromatic carbocycles. The lowest BCUT2D eigenvalue weighted by atomic mass is 10.0. The number of rotatable bonds is 8. The van der Waals surface area contributed by atoms with Crippen LogP contribution in [-0.2, 0) is 12.7 Å². The molecule has 0 atom stereocenters. The second kappa shape index (κ2) is 11.3.